The van der Waals surface area contributed by atoms with E-state index in [1.165, 1.54) is 20.8 Å². The minimum atomic E-state index is -4.80. The van der Waals surface area contributed by atoms with Crippen molar-refractivity contribution in [2.45, 2.75) is 37.6 Å². The highest BCUT2D eigenvalue weighted by atomic mass is 32.2. The van der Waals surface area contributed by atoms with E-state index < -0.39 is 32.7 Å². The van der Waals surface area contributed by atoms with Gasteiger partial charge in [0.25, 0.3) is 15.2 Å². The zero-order chi connectivity index (χ0) is 13.6. The van der Waals surface area contributed by atoms with Crippen LogP contribution >= 0.6 is 0 Å². The van der Waals surface area contributed by atoms with E-state index in [9.17, 15) is 21.6 Å². The average Bonchev–Trinajstić information content (AvgIpc) is 2.42. The van der Waals surface area contributed by atoms with Crippen LogP contribution in [0.4, 0.5) is 13.2 Å². The molecular formula is C7H11F3N4O2S. The van der Waals surface area contributed by atoms with Crippen LogP contribution < -0.4 is 5.14 Å². The lowest BCUT2D eigenvalue weighted by atomic mass is 10.1. The molecule has 1 heterocycles. The fourth-order valence-electron chi connectivity index (χ4n) is 1.24. The molecule has 1 rings (SSSR count). The maximum absolute atomic E-state index is 12.6. The Morgan fingerprint density at radius 3 is 1.94 bits per heavy atom. The van der Waals surface area contributed by atoms with E-state index in [-0.39, 0.29) is 0 Å². The van der Waals surface area contributed by atoms with Gasteiger partial charge in [-0.2, -0.15) is 13.2 Å². The molecular weight excluding hydrogens is 261 g/mol. The number of alkyl halides is 3. The van der Waals surface area contributed by atoms with Crippen molar-refractivity contribution in [1.82, 2.24) is 14.8 Å². The fraction of sp³-hybridized carbons (Fsp3) is 0.714. The Morgan fingerprint density at radius 2 is 1.65 bits per heavy atom. The van der Waals surface area contributed by atoms with Crippen molar-refractivity contribution in [3.63, 3.8) is 0 Å². The maximum atomic E-state index is 12.6. The summed E-state index contributed by atoms with van der Waals surface area (Å²) in [5.41, 5.74) is -1.17. The van der Waals surface area contributed by atoms with Gasteiger partial charge in [0.15, 0.2) is 0 Å². The molecule has 0 saturated carbocycles. The first-order valence-electron chi connectivity index (χ1n) is 4.41. The van der Waals surface area contributed by atoms with Gasteiger partial charge < -0.3 is 0 Å². The minimum Gasteiger partial charge on any atom is -0.288 e. The van der Waals surface area contributed by atoms with Crippen LogP contribution in [-0.2, 0) is 21.7 Å². The number of rotatable bonds is 1. The van der Waals surface area contributed by atoms with E-state index in [0.717, 1.165) is 0 Å². The summed E-state index contributed by atoms with van der Waals surface area (Å²) in [6, 6.07) is 0. The molecule has 10 heteroatoms. The Bertz CT molecular complexity index is 526. The quantitative estimate of drug-likeness (QED) is 0.814. The number of halogens is 3. The molecule has 0 unspecified atom stereocenters. The molecule has 0 bridgehead atoms. The number of hydrogen-bond donors (Lipinski definition) is 1. The summed E-state index contributed by atoms with van der Waals surface area (Å²) in [6.07, 6.45) is -4.80. The molecule has 6 nitrogen and oxygen atoms in total. The van der Waals surface area contributed by atoms with Gasteiger partial charge in [-0.05, 0) is 20.8 Å². The van der Waals surface area contributed by atoms with E-state index in [4.69, 9.17) is 5.14 Å². The van der Waals surface area contributed by atoms with Crippen LogP contribution in [0.5, 0.6) is 0 Å². The molecule has 0 aliphatic heterocycles. The van der Waals surface area contributed by atoms with Crippen LogP contribution in [-0.4, -0.2) is 23.2 Å². The number of primary sulfonamides is 1. The molecule has 0 atom stereocenters. The number of hydrogen-bond acceptors (Lipinski definition) is 4. The fourth-order valence-corrected chi connectivity index (χ4v) is 2.01. The van der Waals surface area contributed by atoms with Crippen molar-refractivity contribution in [1.29, 1.82) is 0 Å². The van der Waals surface area contributed by atoms with Gasteiger partial charge in [0.05, 0.1) is 0 Å². The first-order chi connectivity index (χ1) is 7.35. The van der Waals surface area contributed by atoms with Gasteiger partial charge in [0, 0.05) is 5.54 Å². The lowest BCUT2D eigenvalue weighted by Gasteiger charge is -2.24. The number of nitrogens with zero attached hydrogens (tertiary/aromatic N) is 3. The van der Waals surface area contributed by atoms with Gasteiger partial charge in [-0.25, -0.2) is 13.6 Å². The Labute approximate surface area is 95.7 Å². The highest BCUT2D eigenvalue weighted by Crippen LogP contribution is 2.32. The topological polar surface area (TPSA) is 90.9 Å². The summed E-state index contributed by atoms with van der Waals surface area (Å²) < 4.78 is 60.6. The maximum Gasteiger partial charge on any atom is 0.451 e. The first-order valence-corrected chi connectivity index (χ1v) is 5.95. The Kier molecular flexibility index (Phi) is 3.00. The summed E-state index contributed by atoms with van der Waals surface area (Å²) in [5, 5.41) is 9.74. The number of aromatic nitrogens is 3. The summed E-state index contributed by atoms with van der Waals surface area (Å²) in [6.45, 7) is 4.17. The summed E-state index contributed by atoms with van der Waals surface area (Å²) in [4.78, 5) is 0. The van der Waals surface area contributed by atoms with Crippen LogP contribution in [0.1, 0.15) is 26.6 Å². The molecule has 0 spiro atoms. The Balaban J connectivity index is 3.65. The van der Waals surface area contributed by atoms with Crippen molar-refractivity contribution in [3.05, 3.63) is 5.82 Å². The van der Waals surface area contributed by atoms with Crippen molar-refractivity contribution in [3.8, 4) is 0 Å². The number of sulfonamides is 1. The molecule has 0 aliphatic rings. The van der Waals surface area contributed by atoms with Gasteiger partial charge in [-0.1, -0.05) is 0 Å². The Morgan fingerprint density at radius 1 is 1.18 bits per heavy atom. The summed E-state index contributed by atoms with van der Waals surface area (Å²) in [5.74, 6) is -1.39. The third kappa shape index (κ3) is 2.75. The van der Waals surface area contributed by atoms with Crippen LogP contribution in [0.2, 0.25) is 0 Å². The van der Waals surface area contributed by atoms with Crippen molar-refractivity contribution < 1.29 is 21.6 Å². The normalized spacial score (nSPS) is 14.1. The average molecular weight is 272 g/mol. The zero-order valence-corrected chi connectivity index (χ0v) is 10.1. The van der Waals surface area contributed by atoms with Crippen molar-refractivity contribution in [2.75, 3.05) is 0 Å². The molecule has 2 N–H and O–H groups in total. The molecule has 0 amide bonds. The van der Waals surface area contributed by atoms with Crippen LogP contribution in [0.3, 0.4) is 0 Å². The second kappa shape index (κ2) is 3.67. The highest BCUT2D eigenvalue weighted by molar-refractivity contribution is 7.89. The lowest BCUT2D eigenvalue weighted by molar-refractivity contribution is -0.149. The van der Waals surface area contributed by atoms with Gasteiger partial charge in [0.1, 0.15) is 0 Å². The second-order valence-corrected chi connectivity index (χ2v) is 5.81. The smallest absolute Gasteiger partial charge is 0.288 e. The SMILES string of the molecule is CC(C)(C)n1c(C(F)(F)F)nnc1S(N)(=O)=O. The monoisotopic (exact) mass is 272 g/mol. The molecule has 17 heavy (non-hydrogen) atoms. The second-order valence-electron chi connectivity index (χ2n) is 4.36. The molecule has 98 valence electrons. The van der Waals surface area contributed by atoms with E-state index in [1.807, 2.05) is 0 Å². The Hall–Kier alpha value is -1.16. The standard InChI is InChI=1S/C7H11F3N4O2S/c1-6(2,3)14-4(7(8,9)10)12-13-5(14)17(11,15)16/h1-3H3,(H2,11,15,16). The van der Waals surface area contributed by atoms with Gasteiger partial charge in [-0.3, -0.25) is 4.57 Å². The minimum absolute atomic E-state index is 0.461. The summed E-state index contributed by atoms with van der Waals surface area (Å²) in [7, 11) is -4.37. The third-order valence-electron chi connectivity index (χ3n) is 1.81. The molecule has 0 aliphatic carbocycles. The lowest BCUT2D eigenvalue weighted by Crippen LogP contribution is -2.32. The highest BCUT2D eigenvalue weighted by Gasteiger charge is 2.42. The third-order valence-corrected chi connectivity index (χ3v) is 2.59. The molecule has 0 aromatic carbocycles. The largest absolute Gasteiger partial charge is 0.451 e. The van der Waals surface area contributed by atoms with E-state index in [0.29, 0.717) is 4.57 Å². The van der Waals surface area contributed by atoms with Crippen LogP contribution in [0.25, 0.3) is 0 Å². The van der Waals surface area contributed by atoms with E-state index in [2.05, 4.69) is 10.2 Å². The molecule has 0 radical (unpaired) electrons. The zero-order valence-electron chi connectivity index (χ0n) is 9.28. The van der Waals surface area contributed by atoms with Gasteiger partial charge >= 0.3 is 6.18 Å². The van der Waals surface area contributed by atoms with E-state index in [1.54, 1.807) is 0 Å². The molecule has 0 saturated heterocycles. The first kappa shape index (κ1) is 13.9. The summed E-state index contributed by atoms with van der Waals surface area (Å²) >= 11 is 0. The van der Waals surface area contributed by atoms with Crippen LogP contribution in [0, 0.1) is 0 Å². The molecule has 1 aromatic heterocycles. The van der Waals surface area contributed by atoms with Crippen molar-refractivity contribution >= 4 is 10.0 Å². The predicted octanol–water partition coefficient (Wildman–Crippen LogP) is 0.699. The van der Waals surface area contributed by atoms with Crippen LogP contribution in [0.15, 0.2) is 5.16 Å². The van der Waals surface area contributed by atoms with Gasteiger partial charge in [-0.15, -0.1) is 10.2 Å². The number of nitrogens with two attached hydrogens (primary N) is 1. The van der Waals surface area contributed by atoms with Crippen molar-refractivity contribution in [2.24, 2.45) is 5.14 Å². The van der Waals surface area contributed by atoms with E-state index >= 15 is 0 Å². The molecule has 1 aromatic rings. The molecule has 0 fully saturated rings. The predicted molar refractivity (Wildman–Crippen MR) is 51.4 cm³/mol. The van der Waals surface area contributed by atoms with Gasteiger partial charge in [0.2, 0.25) is 5.82 Å².